The Balaban J connectivity index is 0. The Morgan fingerprint density at radius 2 is 1.95 bits per heavy atom. The van der Waals surface area contributed by atoms with Crippen molar-refractivity contribution in [3.8, 4) is 11.8 Å². The molecular weight excluding hydrogens is 309 g/mol. The van der Waals surface area contributed by atoms with Gasteiger partial charge < -0.3 is 5.11 Å². The summed E-state index contributed by atoms with van der Waals surface area (Å²) in [5, 5.41) is 9.51. The van der Waals surface area contributed by atoms with Crippen LogP contribution in [0.2, 0.25) is 0 Å². The number of hydrogen-bond acceptors (Lipinski definition) is 1. The fraction of sp³-hybridized carbons (Fsp3) is 0.529. The molecule has 103 valence electrons. The molecule has 0 rings (SSSR count). The first kappa shape index (κ1) is 21.1. The Labute approximate surface area is 144 Å². The molecule has 1 nitrogen and oxygen atoms in total. The predicted molar refractivity (Wildman–Crippen MR) is 78.9 cm³/mol. The second-order valence-corrected chi connectivity index (χ2v) is 5.20. The third-order valence-electron chi connectivity index (χ3n) is 2.18. The molecule has 0 unspecified atom stereocenters. The van der Waals surface area contributed by atoms with Crippen LogP contribution in [0, 0.1) is 23.8 Å². The van der Waals surface area contributed by atoms with Crippen LogP contribution in [0.5, 0.6) is 0 Å². The molecule has 0 aromatic rings. The van der Waals surface area contributed by atoms with Gasteiger partial charge in [0.25, 0.3) is 0 Å². The van der Waals surface area contributed by atoms with E-state index in [9.17, 15) is 5.11 Å². The van der Waals surface area contributed by atoms with E-state index in [0.29, 0.717) is 5.92 Å². The Morgan fingerprint density at radius 1 is 1.37 bits per heavy atom. The van der Waals surface area contributed by atoms with Crippen molar-refractivity contribution in [1.82, 2.24) is 0 Å². The van der Waals surface area contributed by atoms with E-state index in [1.165, 1.54) is 5.57 Å². The minimum absolute atomic E-state index is 0. The predicted octanol–water partition coefficient (Wildman–Crippen LogP) is 4.06. The van der Waals surface area contributed by atoms with Crippen molar-refractivity contribution in [3.05, 3.63) is 35.5 Å². The summed E-state index contributed by atoms with van der Waals surface area (Å²) >= 11 is 0. The summed E-state index contributed by atoms with van der Waals surface area (Å²) in [6.45, 7) is 11.7. The SMILES string of the molecule is CC/C=C/C(=[C-]/C=C(\C)C#CC(C)(C)O)C(C)C.[Y]. The third kappa shape index (κ3) is 12.6. The van der Waals surface area contributed by atoms with Crippen molar-refractivity contribution < 1.29 is 37.8 Å². The van der Waals surface area contributed by atoms with Crippen LogP contribution in [-0.2, 0) is 32.7 Å². The smallest absolute Gasteiger partial charge is 0.119 e. The number of rotatable bonds is 4. The Morgan fingerprint density at radius 3 is 2.37 bits per heavy atom. The molecule has 19 heavy (non-hydrogen) atoms. The van der Waals surface area contributed by atoms with Crippen molar-refractivity contribution in [2.24, 2.45) is 5.92 Å². The van der Waals surface area contributed by atoms with Gasteiger partial charge in [-0.1, -0.05) is 39.2 Å². The molecule has 0 atom stereocenters. The van der Waals surface area contributed by atoms with E-state index < -0.39 is 5.60 Å². The first-order valence-electron chi connectivity index (χ1n) is 6.48. The van der Waals surface area contributed by atoms with E-state index in [4.69, 9.17) is 0 Å². The summed E-state index contributed by atoms with van der Waals surface area (Å²) in [7, 11) is 0. The zero-order chi connectivity index (χ0) is 14.2. The Hall–Kier alpha value is -0.156. The summed E-state index contributed by atoms with van der Waals surface area (Å²) in [5.41, 5.74) is 1.13. The Kier molecular flexibility index (Phi) is 11.8. The van der Waals surface area contributed by atoms with Gasteiger partial charge in [-0.25, -0.2) is 0 Å². The van der Waals surface area contributed by atoms with Crippen molar-refractivity contribution in [2.75, 3.05) is 0 Å². The minimum Gasteiger partial charge on any atom is -0.378 e. The second-order valence-electron chi connectivity index (χ2n) is 5.20. The zero-order valence-electron chi connectivity index (χ0n) is 13.0. The molecule has 2 heteroatoms. The molecule has 0 fully saturated rings. The monoisotopic (exact) mass is 334 g/mol. The molecule has 0 bridgehead atoms. The number of aliphatic hydroxyl groups is 1. The van der Waals surface area contributed by atoms with Gasteiger partial charge in [0.05, 0.1) is 0 Å². The van der Waals surface area contributed by atoms with Crippen molar-refractivity contribution >= 4 is 0 Å². The normalized spacial score (nSPS) is 13.3. The molecule has 1 radical (unpaired) electrons. The van der Waals surface area contributed by atoms with E-state index >= 15 is 0 Å². The molecule has 0 spiro atoms. The van der Waals surface area contributed by atoms with Gasteiger partial charge in [0, 0.05) is 32.7 Å². The molecule has 0 aliphatic rings. The molecule has 1 N–H and O–H groups in total. The standard InChI is InChI=1S/C17H25O.Y/c1-7-8-9-16(14(2)3)11-10-15(4)12-13-17(5,6)18;/h8-10,14,18H,7H2,1-6H3;/q-1;/b9-8+,15-10+;. The molecule has 0 aromatic carbocycles. The van der Waals surface area contributed by atoms with Gasteiger partial charge >= 0.3 is 0 Å². The van der Waals surface area contributed by atoms with Gasteiger partial charge in [0.15, 0.2) is 0 Å². The summed E-state index contributed by atoms with van der Waals surface area (Å²) in [6.07, 6.45) is 10.4. The van der Waals surface area contributed by atoms with Gasteiger partial charge in [-0.3, -0.25) is 0 Å². The van der Waals surface area contributed by atoms with Crippen LogP contribution in [0.15, 0.2) is 29.4 Å². The third-order valence-corrected chi connectivity index (χ3v) is 2.18. The number of allylic oxidation sites excluding steroid dienone is 6. The van der Waals surface area contributed by atoms with Gasteiger partial charge in [-0.05, 0) is 26.2 Å². The second kappa shape index (κ2) is 10.6. The van der Waals surface area contributed by atoms with E-state index in [0.717, 1.165) is 12.0 Å². The quantitative estimate of drug-likeness (QED) is 0.467. The van der Waals surface area contributed by atoms with E-state index in [1.807, 2.05) is 13.0 Å². The molecular formula is C17H25OY-. The first-order chi connectivity index (χ1) is 8.26. The van der Waals surface area contributed by atoms with Crippen LogP contribution in [0.25, 0.3) is 0 Å². The van der Waals surface area contributed by atoms with Crippen LogP contribution in [-0.4, -0.2) is 10.7 Å². The van der Waals surface area contributed by atoms with Crippen molar-refractivity contribution in [2.45, 2.75) is 53.6 Å². The largest absolute Gasteiger partial charge is 0.378 e. The van der Waals surface area contributed by atoms with Crippen LogP contribution in [0.3, 0.4) is 0 Å². The molecule has 0 saturated heterocycles. The summed E-state index contributed by atoms with van der Waals surface area (Å²) in [6, 6.07) is 0. The Bertz CT molecular complexity index is 395. The van der Waals surface area contributed by atoms with Crippen molar-refractivity contribution in [1.29, 1.82) is 0 Å². The van der Waals surface area contributed by atoms with E-state index in [1.54, 1.807) is 13.8 Å². The van der Waals surface area contributed by atoms with Crippen LogP contribution < -0.4 is 0 Å². The molecule has 0 amide bonds. The van der Waals surface area contributed by atoms with Gasteiger partial charge in [-0.15, -0.1) is 12.0 Å². The van der Waals surface area contributed by atoms with Gasteiger partial charge in [0.2, 0.25) is 0 Å². The van der Waals surface area contributed by atoms with Crippen LogP contribution >= 0.6 is 0 Å². The minimum atomic E-state index is -0.943. The van der Waals surface area contributed by atoms with Crippen LogP contribution in [0.4, 0.5) is 0 Å². The molecule has 0 saturated carbocycles. The summed E-state index contributed by atoms with van der Waals surface area (Å²) < 4.78 is 0. The maximum Gasteiger partial charge on any atom is 0.119 e. The molecule has 0 aliphatic carbocycles. The molecule has 0 heterocycles. The number of hydrogen-bond donors (Lipinski definition) is 1. The van der Waals surface area contributed by atoms with Crippen LogP contribution in [0.1, 0.15) is 48.0 Å². The topological polar surface area (TPSA) is 20.2 Å². The van der Waals surface area contributed by atoms with Gasteiger partial charge in [0.1, 0.15) is 5.60 Å². The van der Waals surface area contributed by atoms with Gasteiger partial charge in [-0.2, -0.15) is 23.8 Å². The van der Waals surface area contributed by atoms with Crippen molar-refractivity contribution in [3.63, 3.8) is 0 Å². The molecule has 0 aliphatic heterocycles. The molecule has 0 aromatic heterocycles. The summed E-state index contributed by atoms with van der Waals surface area (Å²) in [5.74, 6) is 6.17. The maximum atomic E-state index is 9.51. The maximum absolute atomic E-state index is 9.51. The average Bonchev–Trinajstić information content (AvgIpc) is 2.25. The van der Waals surface area contributed by atoms with E-state index in [-0.39, 0.29) is 32.7 Å². The van der Waals surface area contributed by atoms with E-state index in [2.05, 4.69) is 50.8 Å². The summed E-state index contributed by atoms with van der Waals surface area (Å²) in [4.78, 5) is 0. The average molecular weight is 334 g/mol. The fourth-order valence-corrected chi connectivity index (χ4v) is 1.13. The first-order valence-corrected chi connectivity index (χ1v) is 6.48. The zero-order valence-corrected chi connectivity index (χ0v) is 15.9. The fourth-order valence-electron chi connectivity index (χ4n) is 1.13.